The Bertz CT molecular complexity index is 516. The number of hydrogen-bond acceptors (Lipinski definition) is 4. The van der Waals surface area contributed by atoms with E-state index in [1.807, 2.05) is 19.1 Å². The summed E-state index contributed by atoms with van der Waals surface area (Å²) in [5.74, 6) is 0.729. The number of thioether (sulfide) groups is 1. The zero-order valence-electron chi connectivity index (χ0n) is 11.8. The van der Waals surface area contributed by atoms with Gasteiger partial charge in [-0.1, -0.05) is 13.3 Å². The average Bonchev–Trinajstić information content (AvgIpc) is 2.38. The largest absolute Gasteiger partial charge is 0.349 e. The predicted octanol–water partition coefficient (Wildman–Crippen LogP) is 2.22. The number of amides is 1. The molecule has 0 aromatic carbocycles. The molecule has 1 unspecified atom stereocenters. The van der Waals surface area contributed by atoms with Gasteiger partial charge in [-0.15, -0.1) is 11.8 Å². The van der Waals surface area contributed by atoms with Crippen LogP contribution in [-0.2, 0) is 10.8 Å². The summed E-state index contributed by atoms with van der Waals surface area (Å²) < 4.78 is 11.6. The van der Waals surface area contributed by atoms with Crippen molar-refractivity contribution in [2.24, 2.45) is 0 Å². The van der Waals surface area contributed by atoms with E-state index in [2.05, 4.69) is 10.3 Å². The van der Waals surface area contributed by atoms with Gasteiger partial charge in [0.1, 0.15) is 5.69 Å². The molecule has 1 heterocycles. The Hall–Kier alpha value is -0.880. The van der Waals surface area contributed by atoms with Gasteiger partial charge in [0.15, 0.2) is 0 Å². The molecule has 1 amide bonds. The highest BCUT2D eigenvalue weighted by molar-refractivity contribution is 7.99. The maximum atomic E-state index is 12.3. The van der Waals surface area contributed by atoms with Gasteiger partial charge in [-0.25, -0.2) is 4.98 Å². The minimum atomic E-state index is -0.904. The smallest absolute Gasteiger partial charge is 0.271 e. The van der Waals surface area contributed by atoms with Gasteiger partial charge in [-0.05, 0) is 30.7 Å². The molecule has 0 radical (unpaired) electrons. The predicted molar refractivity (Wildman–Crippen MR) is 83.6 cm³/mol. The SMILES string of the molecule is CCSc1cccnc1C(=O)NCC1(S(C)=O)CCC1. The van der Waals surface area contributed by atoms with Gasteiger partial charge >= 0.3 is 0 Å². The molecule has 6 heteroatoms. The van der Waals surface area contributed by atoms with E-state index in [-0.39, 0.29) is 10.7 Å². The highest BCUT2D eigenvalue weighted by Crippen LogP contribution is 2.36. The van der Waals surface area contributed by atoms with Gasteiger partial charge in [-0.2, -0.15) is 0 Å². The number of rotatable bonds is 6. The molecule has 1 fully saturated rings. The van der Waals surface area contributed by atoms with Crippen LogP contribution in [0.2, 0.25) is 0 Å². The topological polar surface area (TPSA) is 59.1 Å². The summed E-state index contributed by atoms with van der Waals surface area (Å²) in [7, 11) is -0.904. The van der Waals surface area contributed by atoms with E-state index in [0.29, 0.717) is 12.2 Å². The van der Waals surface area contributed by atoms with Crippen LogP contribution in [-0.4, -0.2) is 38.4 Å². The molecule has 0 aliphatic heterocycles. The lowest BCUT2D eigenvalue weighted by molar-refractivity contribution is 0.0935. The fourth-order valence-corrected chi connectivity index (χ4v) is 4.20. The van der Waals surface area contributed by atoms with Gasteiger partial charge < -0.3 is 5.32 Å². The van der Waals surface area contributed by atoms with E-state index < -0.39 is 10.8 Å². The number of aromatic nitrogens is 1. The third-order valence-corrected chi connectivity index (χ3v) is 6.43. The number of nitrogens with one attached hydrogen (secondary N) is 1. The standard InChI is InChI=1S/C14H20N2O2S2/c1-3-19-11-6-4-9-15-12(11)13(17)16-10-14(20(2)18)7-5-8-14/h4,6,9H,3,5,7-8,10H2,1-2H3,(H,16,17). The minimum absolute atomic E-state index is 0.168. The van der Waals surface area contributed by atoms with Gasteiger partial charge in [-0.3, -0.25) is 9.00 Å². The molecule has 1 atom stereocenters. The van der Waals surface area contributed by atoms with Crippen molar-refractivity contribution >= 4 is 28.5 Å². The van der Waals surface area contributed by atoms with Crippen molar-refractivity contribution in [2.45, 2.75) is 35.8 Å². The summed E-state index contributed by atoms with van der Waals surface area (Å²) in [5.41, 5.74) is 0.468. The molecule has 0 saturated heterocycles. The van der Waals surface area contributed by atoms with E-state index in [4.69, 9.17) is 0 Å². The number of carbonyl (C=O) groups excluding carboxylic acids is 1. The Labute approximate surface area is 126 Å². The van der Waals surface area contributed by atoms with E-state index in [1.54, 1.807) is 24.2 Å². The van der Waals surface area contributed by atoms with E-state index in [9.17, 15) is 9.00 Å². The lowest BCUT2D eigenvalue weighted by atomic mass is 9.84. The second kappa shape index (κ2) is 6.72. The van der Waals surface area contributed by atoms with E-state index in [1.165, 1.54) is 0 Å². The molecule has 110 valence electrons. The fourth-order valence-electron chi connectivity index (χ4n) is 2.30. The Morgan fingerprint density at radius 2 is 2.30 bits per heavy atom. The summed E-state index contributed by atoms with van der Waals surface area (Å²) in [6, 6.07) is 3.75. The first-order chi connectivity index (χ1) is 9.59. The summed E-state index contributed by atoms with van der Waals surface area (Å²) in [5, 5.41) is 2.91. The van der Waals surface area contributed by atoms with Crippen molar-refractivity contribution in [3.63, 3.8) is 0 Å². The van der Waals surface area contributed by atoms with Gasteiger partial charge in [0.05, 0.1) is 4.75 Å². The molecule has 2 rings (SSSR count). The molecule has 4 nitrogen and oxygen atoms in total. The molecular formula is C14H20N2O2S2. The lowest BCUT2D eigenvalue weighted by Crippen LogP contribution is -2.50. The van der Waals surface area contributed by atoms with Crippen molar-refractivity contribution in [1.82, 2.24) is 10.3 Å². The molecule has 20 heavy (non-hydrogen) atoms. The van der Waals surface area contributed by atoms with Crippen LogP contribution in [0.3, 0.4) is 0 Å². The van der Waals surface area contributed by atoms with Crippen LogP contribution in [0.5, 0.6) is 0 Å². The Kier molecular flexibility index (Phi) is 5.21. The minimum Gasteiger partial charge on any atom is -0.349 e. The zero-order valence-corrected chi connectivity index (χ0v) is 13.5. The molecular weight excluding hydrogens is 292 g/mol. The first-order valence-corrected chi connectivity index (χ1v) is 9.33. The molecule has 1 aromatic rings. The van der Waals surface area contributed by atoms with Crippen LogP contribution in [0, 0.1) is 0 Å². The third-order valence-electron chi connectivity index (χ3n) is 3.73. The second-order valence-electron chi connectivity index (χ2n) is 4.96. The first kappa shape index (κ1) is 15.5. The maximum absolute atomic E-state index is 12.3. The molecule has 1 N–H and O–H groups in total. The molecule has 0 bridgehead atoms. The summed E-state index contributed by atoms with van der Waals surface area (Å²) in [6.07, 6.45) is 6.30. The van der Waals surface area contributed by atoms with Crippen molar-refractivity contribution in [3.05, 3.63) is 24.0 Å². The highest BCUT2D eigenvalue weighted by Gasteiger charge is 2.41. The van der Waals surface area contributed by atoms with Crippen molar-refractivity contribution in [2.75, 3.05) is 18.6 Å². The number of pyridine rings is 1. The van der Waals surface area contributed by atoms with Crippen molar-refractivity contribution in [3.8, 4) is 0 Å². The molecule has 0 spiro atoms. The zero-order chi connectivity index (χ0) is 14.6. The summed E-state index contributed by atoms with van der Waals surface area (Å²) in [4.78, 5) is 17.3. The average molecular weight is 312 g/mol. The quantitative estimate of drug-likeness (QED) is 0.818. The number of hydrogen-bond donors (Lipinski definition) is 1. The van der Waals surface area contributed by atoms with Crippen LogP contribution < -0.4 is 5.32 Å². The van der Waals surface area contributed by atoms with Crippen molar-refractivity contribution in [1.29, 1.82) is 0 Å². The number of nitrogens with zero attached hydrogens (tertiary/aromatic N) is 1. The molecule has 1 aliphatic carbocycles. The van der Waals surface area contributed by atoms with Crippen LogP contribution in [0.25, 0.3) is 0 Å². The monoisotopic (exact) mass is 312 g/mol. The molecule has 1 aliphatic rings. The van der Waals surface area contributed by atoms with Crippen molar-refractivity contribution < 1.29 is 9.00 Å². The normalized spacial score (nSPS) is 18.1. The fraction of sp³-hybridized carbons (Fsp3) is 0.571. The second-order valence-corrected chi connectivity index (χ2v) is 8.04. The van der Waals surface area contributed by atoms with E-state index in [0.717, 1.165) is 29.9 Å². The van der Waals surface area contributed by atoms with Crippen LogP contribution in [0.4, 0.5) is 0 Å². The number of carbonyl (C=O) groups is 1. The third kappa shape index (κ3) is 3.23. The highest BCUT2D eigenvalue weighted by atomic mass is 32.2. The lowest BCUT2D eigenvalue weighted by Gasteiger charge is -2.39. The van der Waals surface area contributed by atoms with Gasteiger partial charge in [0.25, 0.3) is 5.91 Å². The van der Waals surface area contributed by atoms with Crippen LogP contribution >= 0.6 is 11.8 Å². The van der Waals surface area contributed by atoms with Crippen LogP contribution in [0.1, 0.15) is 36.7 Å². The summed E-state index contributed by atoms with van der Waals surface area (Å²) in [6.45, 7) is 2.52. The van der Waals surface area contributed by atoms with E-state index >= 15 is 0 Å². The molecule has 1 saturated carbocycles. The Morgan fingerprint density at radius 1 is 1.55 bits per heavy atom. The summed E-state index contributed by atoms with van der Waals surface area (Å²) >= 11 is 1.61. The maximum Gasteiger partial charge on any atom is 0.271 e. The Balaban J connectivity index is 2.03. The first-order valence-electron chi connectivity index (χ1n) is 6.78. The van der Waals surface area contributed by atoms with Crippen LogP contribution in [0.15, 0.2) is 23.2 Å². The van der Waals surface area contributed by atoms with Gasteiger partial charge in [0, 0.05) is 34.7 Å². The Morgan fingerprint density at radius 3 is 2.85 bits per heavy atom. The van der Waals surface area contributed by atoms with Gasteiger partial charge in [0.2, 0.25) is 0 Å². The molecule has 1 aromatic heterocycles.